The lowest BCUT2D eigenvalue weighted by Crippen LogP contribution is -2.57. The molecule has 0 spiro atoms. The highest BCUT2D eigenvalue weighted by Crippen LogP contribution is 2.27. The number of carbonyl (C=O) groups is 1. The van der Waals surface area contributed by atoms with Gasteiger partial charge in [-0.3, -0.25) is 0 Å². The van der Waals surface area contributed by atoms with Crippen LogP contribution >= 0.6 is 0 Å². The number of nitrogen functional groups attached to an aromatic ring is 1. The second kappa shape index (κ2) is 6.97. The first-order valence-corrected chi connectivity index (χ1v) is 7.90. The third-order valence-electron chi connectivity index (χ3n) is 3.80. The first-order valence-electron chi connectivity index (χ1n) is 7.90. The van der Waals surface area contributed by atoms with Crippen LogP contribution in [0.15, 0.2) is 18.2 Å². The maximum absolute atomic E-state index is 12.2. The molecule has 1 aliphatic rings. The normalized spacial score (nSPS) is 18.2. The fraction of sp³-hybridized carbons (Fsp3) is 0.529. The summed E-state index contributed by atoms with van der Waals surface area (Å²) >= 11 is 0. The van der Waals surface area contributed by atoms with Crippen molar-refractivity contribution in [3.63, 3.8) is 0 Å². The van der Waals surface area contributed by atoms with E-state index in [4.69, 9.17) is 10.5 Å². The molecule has 24 heavy (non-hydrogen) atoms. The summed E-state index contributed by atoms with van der Waals surface area (Å²) in [4.78, 5) is 15.8. The molecule has 1 amide bonds. The summed E-state index contributed by atoms with van der Waals surface area (Å²) in [5.41, 5.74) is 6.86. The van der Waals surface area contributed by atoms with E-state index in [0.717, 1.165) is 5.69 Å². The number of ether oxygens (including phenoxy) is 1. The minimum Gasteiger partial charge on any atom is -0.444 e. The van der Waals surface area contributed by atoms with Gasteiger partial charge in [-0.05, 0) is 39.0 Å². The van der Waals surface area contributed by atoms with Crippen LogP contribution in [0.25, 0.3) is 0 Å². The van der Waals surface area contributed by atoms with E-state index in [1.165, 1.54) is 0 Å². The first kappa shape index (κ1) is 17.9. The summed E-state index contributed by atoms with van der Waals surface area (Å²) in [5, 5.41) is 19.1. The molecule has 1 atom stereocenters. The maximum Gasteiger partial charge on any atom is 0.410 e. The largest absolute Gasteiger partial charge is 0.444 e. The number of aliphatic hydroxyl groups is 1. The predicted molar refractivity (Wildman–Crippen MR) is 91.6 cm³/mol. The summed E-state index contributed by atoms with van der Waals surface area (Å²) < 4.78 is 5.39. The van der Waals surface area contributed by atoms with Crippen molar-refractivity contribution in [3.8, 4) is 6.07 Å². The summed E-state index contributed by atoms with van der Waals surface area (Å²) in [7, 11) is 0. The molecule has 0 aromatic heterocycles. The Morgan fingerprint density at radius 2 is 2.17 bits per heavy atom. The summed E-state index contributed by atoms with van der Waals surface area (Å²) in [6, 6.07) is 6.95. The standard InChI is InChI=1S/C17H24N4O3/c1-17(2,3)24-16(23)20-6-7-21(14(10-20)11-22)15-5-4-13(19)8-12(15)9-18/h4-5,8,14,22H,6-7,10-11,19H2,1-3H3/t14-/m0/s1. The topological polar surface area (TPSA) is 103 Å². The molecule has 1 aromatic carbocycles. The molecular formula is C17H24N4O3. The van der Waals surface area contributed by atoms with Crippen molar-refractivity contribution >= 4 is 17.5 Å². The van der Waals surface area contributed by atoms with Crippen molar-refractivity contribution in [2.45, 2.75) is 32.4 Å². The van der Waals surface area contributed by atoms with Gasteiger partial charge in [-0.15, -0.1) is 0 Å². The van der Waals surface area contributed by atoms with Gasteiger partial charge in [0.05, 0.1) is 23.9 Å². The molecule has 0 aliphatic carbocycles. The van der Waals surface area contributed by atoms with E-state index < -0.39 is 11.7 Å². The van der Waals surface area contributed by atoms with Crippen molar-refractivity contribution < 1.29 is 14.6 Å². The fourth-order valence-corrected chi connectivity index (χ4v) is 2.71. The highest BCUT2D eigenvalue weighted by molar-refractivity contribution is 5.70. The molecular weight excluding hydrogens is 308 g/mol. The Morgan fingerprint density at radius 3 is 2.75 bits per heavy atom. The SMILES string of the molecule is CC(C)(C)OC(=O)N1CCN(c2ccc(N)cc2C#N)[C@H](CO)C1. The lowest BCUT2D eigenvalue weighted by Gasteiger charge is -2.42. The van der Waals surface area contributed by atoms with Crippen molar-refractivity contribution in [2.24, 2.45) is 0 Å². The van der Waals surface area contributed by atoms with Gasteiger partial charge < -0.3 is 25.4 Å². The third kappa shape index (κ3) is 4.09. The van der Waals surface area contributed by atoms with E-state index in [-0.39, 0.29) is 12.6 Å². The third-order valence-corrected chi connectivity index (χ3v) is 3.80. The van der Waals surface area contributed by atoms with Crippen LogP contribution < -0.4 is 10.6 Å². The first-order chi connectivity index (χ1) is 11.2. The average Bonchev–Trinajstić information content (AvgIpc) is 2.52. The smallest absolute Gasteiger partial charge is 0.410 e. The monoisotopic (exact) mass is 332 g/mol. The number of benzene rings is 1. The quantitative estimate of drug-likeness (QED) is 0.797. The molecule has 0 bridgehead atoms. The van der Waals surface area contributed by atoms with Gasteiger partial charge in [-0.2, -0.15) is 5.26 Å². The number of aliphatic hydroxyl groups excluding tert-OH is 1. The van der Waals surface area contributed by atoms with Gasteiger partial charge >= 0.3 is 6.09 Å². The van der Waals surface area contributed by atoms with Crippen LogP contribution in [-0.4, -0.2) is 54.0 Å². The van der Waals surface area contributed by atoms with Crippen molar-refractivity contribution in [3.05, 3.63) is 23.8 Å². The van der Waals surface area contributed by atoms with Gasteiger partial charge in [-0.25, -0.2) is 4.79 Å². The van der Waals surface area contributed by atoms with E-state index >= 15 is 0 Å². The maximum atomic E-state index is 12.2. The van der Waals surface area contributed by atoms with E-state index in [2.05, 4.69) is 6.07 Å². The van der Waals surface area contributed by atoms with Crippen molar-refractivity contribution in [2.75, 3.05) is 36.9 Å². The highest BCUT2D eigenvalue weighted by atomic mass is 16.6. The number of hydrogen-bond donors (Lipinski definition) is 2. The number of amides is 1. The summed E-state index contributed by atoms with van der Waals surface area (Å²) in [6.45, 7) is 6.62. The fourth-order valence-electron chi connectivity index (χ4n) is 2.71. The predicted octanol–water partition coefficient (Wildman–Crippen LogP) is 1.56. The molecule has 7 nitrogen and oxygen atoms in total. The van der Waals surface area contributed by atoms with E-state index in [0.29, 0.717) is 30.9 Å². The Hall–Kier alpha value is -2.46. The molecule has 0 unspecified atom stereocenters. The lowest BCUT2D eigenvalue weighted by atomic mass is 10.1. The highest BCUT2D eigenvalue weighted by Gasteiger charge is 2.32. The van der Waals surface area contributed by atoms with Crippen LogP contribution in [0.2, 0.25) is 0 Å². The summed E-state index contributed by atoms with van der Waals surface area (Å²) in [6.07, 6.45) is -0.390. The average molecular weight is 332 g/mol. The zero-order valence-corrected chi connectivity index (χ0v) is 14.3. The number of carbonyl (C=O) groups excluding carboxylic acids is 1. The second-order valence-corrected chi connectivity index (χ2v) is 6.84. The molecule has 7 heteroatoms. The van der Waals surface area contributed by atoms with Crippen LogP contribution in [0.3, 0.4) is 0 Å². The lowest BCUT2D eigenvalue weighted by molar-refractivity contribution is 0.0197. The van der Waals surface area contributed by atoms with Gasteiger partial charge in [0.25, 0.3) is 0 Å². The molecule has 1 saturated heterocycles. The molecule has 0 radical (unpaired) electrons. The number of anilines is 2. The van der Waals surface area contributed by atoms with E-state index in [1.807, 2.05) is 25.7 Å². The van der Waals surface area contributed by atoms with Gasteiger partial charge in [-0.1, -0.05) is 0 Å². The van der Waals surface area contributed by atoms with Crippen molar-refractivity contribution in [1.29, 1.82) is 5.26 Å². The number of nitrogens with zero attached hydrogens (tertiary/aromatic N) is 3. The number of piperazine rings is 1. The van der Waals surface area contributed by atoms with Gasteiger partial charge in [0.1, 0.15) is 11.7 Å². The van der Waals surface area contributed by atoms with Crippen LogP contribution in [0, 0.1) is 11.3 Å². The molecule has 2 rings (SSSR count). The van der Waals surface area contributed by atoms with Crippen LogP contribution in [0.4, 0.5) is 16.2 Å². The van der Waals surface area contributed by atoms with Crippen LogP contribution in [-0.2, 0) is 4.74 Å². The molecule has 1 fully saturated rings. The molecule has 1 heterocycles. The van der Waals surface area contributed by atoms with Crippen LogP contribution in [0.1, 0.15) is 26.3 Å². The van der Waals surface area contributed by atoms with Gasteiger partial charge in [0.2, 0.25) is 0 Å². The Labute approximate surface area is 142 Å². The van der Waals surface area contributed by atoms with Crippen molar-refractivity contribution in [1.82, 2.24) is 4.90 Å². The zero-order chi connectivity index (χ0) is 17.9. The van der Waals surface area contributed by atoms with Crippen LogP contribution in [0.5, 0.6) is 0 Å². The summed E-state index contributed by atoms with van der Waals surface area (Å²) in [5.74, 6) is 0. The Balaban J connectivity index is 2.17. The van der Waals surface area contributed by atoms with Gasteiger partial charge in [0, 0.05) is 25.3 Å². The molecule has 0 saturated carbocycles. The molecule has 1 aliphatic heterocycles. The minimum atomic E-state index is -0.562. The molecule has 3 N–H and O–H groups in total. The number of hydrogen-bond acceptors (Lipinski definition) is 6. The van der Waals surface area contributed by atoms with Gasteiger partial charge in [0.15, 0.2) is 0 Å². The Kier molecular flexibility index (Phi) is 5.20. The minimum absolute atomic E-state index is 0.130. The molecule has 130 valence electrons. The Bertz CT molecular complexity index is 648. The van der Waals surface area contributed by atoms with E-state index in [9.17, 15) is 15.2 Å². The number of nitriles is 1. The number of nitrogens with two attached hydrogens (primary N) is 1. The Morgan fingerprint density at radius 1 is 1.46 bits per heavy atom. The zero-order valence-electron chi connectivity index (χ0n) is 14.3. The second-order valence-electron chi connectivity index (χ2n) is 6.84. The molecule has 1 aromatic rings. The van der Waals surface area contributed by atoms with E-state index in [1.54, 1.807) is 23.1 Å². The number of rotatable bonds is 2.